The second-order valence-electron chi connectivity index (χ2n) is 6.28. The van der Waals surface area contributed by atoms with E-state index in [9.17, 15) is 9.59 Å². The number of rotatable bonds is 13. The number of hydrogen-bond acceptors (Lipinski definition) is 4. The highest BCUT2D eigenvalue weighted by Gasteiger charge is 2.07. The van der Waals surface area contributed by atoms with E-state index in [2.05, 4.69) is 6.92 Å². The first kappa shape index (κ1) is 21.2. The van der Waals surface area contributed by atoms with E-state index in [1.165, 1.54) is 0 Å². The normalized spacial score (nSPS) is 10.5. The molecule has 0 heterocycles. The van der Waals surface area contributed by atoms with E-state index in [0.29, 0.717) is 25.2 Å². The lowest BCUT2D eigenvalue weighted by molar-refractivity contribution is -0.143. The van der Waals surface area contributed by atoms with Crippen LogP contribution in [0.4, 0.5) is 0 Å². The van der Waals surface area contributed by atoms with Crippen molar-refractivity contribution in [3.63, 3.8) is 0 Å². The van der Waals surface area contributed by atoms with E-state index in [-0.39, 0.29) is 11.9 Å². The number of esters is 2. The van der Waals surface area contributed by atoms with Crippen LogP contribution in [-0.4, -0.2) is 18.5 Å². The minimum atomic E-state index is -0.153. The van der Waals surface area contributed by atoms with Crippen molar-refractivity contribution in [2.45, 2.75) is 78.1 Å². The van der Waals surface area contributed by atoms with Crippen molar-refractivity contribution < 1.29 is 19.1 Å². The summed E-state index contributed by atoms with van der Waals surface area (Å²) in [5.74, 6) is 0.446. The van der Waals surface area contributed by atoms with Crippen LogP contribution in [0.25, 0.3) is 0 Å². The molecule has 25 heavy (non-hydrogen) atoms. The molecule has 0 radical (unpaired) electrons. The van der Waals surface area contributed by atoms with Crippen molar-refractivity contribution in [1.29, 1.82) is 0 Å². The predicted octanol–water partition coefficient (Wildman–Crippen LogP) is 5.23. The highest BCUT2D eigenvalue weighted by atomic mass is 16.5. The number of aryl methyl sites for hydroxylation is 1. The molecule has 0 amide bonds. The summed E-state index contributed by atoms with van der Waals surface area (Å²) >= 11 is 0. The van der Waals surface area contributed by atoms with Gasteiger partial charge in [0.25, 0.3) is 0 Å². The Hall–Kier alpha value is -1.84. The van der Waals surface area contributed by atoms with Gasteiger partial charge in [0.1, 0.15) is 5.75 Å². The summed E-state index contributed by atoms with van der Waals surface area (Å²) < 4.78 is 10.5. The van der Waals surface area contributed by atoms with Crippen molar-refractivity contribution in [3.05, 3.63) is 29.8 Å². The van der Waals surface area contributed by atoms with Crippen LogP contribution in [-0.2, 0) is 20.7 Å². The first-order chi connectivity index (χ1) is 12.2. The summed E-state index contributed by atoms with van der Waals surface area (Å²) in [6.07, 6.45) is 8.68. The van der Waals surface area contributed by atoms with Crippen LogP contribution < -0.4 is 4.74 Å². The first-order valence-corrected chi connectivity index (χ1v) is 9.61. The third kappa shape index (κ3) is 9.90. The van der Waals surface area contributed by atoms with Crippen LogP contribution in [0.5, 0.6) is 5.75 Å². The third-order valence-corrected chi connectivity index (χ3v) is 4.06. The summed E-state index contributed by atoms with van der Waals surface area (Å²) in [5, 5.41) is 0. The fourth-order valence-electron chi connectivity index (χ4n) is 2.60. The Kier molecular flexibility index (Phi) is 11.4. The summed E-state index contributed by atoms with van der Waals surface area (Å²) in [4.78, 5) is 23.2. The Bertz CT molecular complexity index is 510. The third-order valence-electron chi connectivity index (χ3n) is 4.06. The molecule has 0 fully saturated rings. The van der Waals surface area contributed by atoms with Crippen LogP contribution in [0, 0.1) is 0 Å². The minimum absolute atomic E-state index is 0.0862. The van der Waals surface area contributed by atoms with Crippen molar-refractivity contribution in [1.82, 2.24) is 0 Å². The number of para-hydroxylation sites is 1. The van der Waals surface area contributed by atoms with Gasteiger partial charge in [0.2, 0.25) is 0 Å². The molecule has 1 aromatic carbocycles. The van der Waals surface area contributed by atoms with Gasteiger partial charge in [-0.2, -0.15) is 0 Å². The van der Waals surface area contributed by atoms with Gasteiger partial charge in [0, 0.05) is 12.8 Å². The van der Waals surface area contributed by atoms with Crippen LogP contribution in [0.15, 0.2) is 24.3 Å². The van der Waals surface area contributed by atoms with Crippen molar-refractivity contribution in [2.24, 2.45) is 0 Å². The van der Waals surface area contributed by atoms with Crippen molar-refractivity contribution in [2.75, 3.05) is 6.61 Å². The van der Waals surface area contributed by atoms with E-state index in [1.807, 2.05) is 31.2 Å². The standard InChI is InChI=1S/C21H32O4/c1-3-17-24-20(22)15-9-7-5-6-8-10-16-21(23)25-19-14-12-11-13-18(19)4-2/h11-14H,3-10,15-17H2,1-2H3. The van der Waals surface area contributed by atoms with E-state index in [1.54, 1.807) is 0 Å². The molecule has 0 atom stereocenters. The van der Waals surface area contributed by atoms with Gasteiger partial charge >= 0.3 is 11.9 Å². The van der Waals surface area contributed by atoms with Gasteiger partial charge in [-0.3, -0.25) is 9.59 Å². The molecule has 0 aliphatic rings. The van der Waals surface area contributed by atoms with E-state index < -0.39 is 0 Å². The molecule has 0 saturated heterocycles. The van der Waals surface area contributed by atoms with E-state index in [0.717, 1.165) is 56.9 Å². The number of unbranched alkanes of at least 4 members (excludes halogenated alkanes) is 5. The van der Waals surface area contributed by atoms with Crippen LogP contribution >= 0.6 is 0 Å². The zero-order valence-electron chi connectivity index (χ0n) is 15.7. The Balaban J connectivity index is 2.02. The lowest BCUT2D eigenvalue weighted by atomic mass is 10.1. The molecular weight excluding hydrogens is 316 g/mol. The maximum atomic E-state index is 11.9. The quantitative estimate of drug-likeness (QED) is 0.278. The highest BCUT2D eigenvalue weighted by Crippen LogP contribution is 2.19. The Morgan fingerprint density at radius 3 is 2.08 bits per heavy atom. The lowest BCUT2D eigenvalue weighted by Crippen LogP contribution is -2.08. The number of carbonyl (C=O) groups is 2. The molecule has 1 aromatic rings. The molecule has 0 aromatic heterocycles. The fourth-order valence-corrected chi connectivity index (χ4v) is 2.60. The van der Waals surface area contributed by atoms with Gasteiger partial charge in [0.15, 0.2) is 0 Å². The second kappa shape index (κ2) is 13.5. The molecule has 4 heteroatoms. The SMILES string of the molecule is CCCOC(=O)CCCCCCCCC(=O)Oc1ccccc1CC. The predicted molar refractivity (Wildman–Crippen MR) is 99.6 cm³/mol. The largest absolute Gasteiger partial charge is 0.466 e. The van der Waals surface area contributed by atoms with Gasteiger partial charge in [-0.1, -0.05) is 57.7 Å². The van der Waals surface area contributed by atoms with Gasteiger partial charge in [0.05, 0.1) is 6.61 Å². The Morgan fingerprint density at radius 2 is 1.44 bits per heavy atom. The lowest BCUT2D eigenvalue weighted by Gasteiger charge is -2.08. The molecule has 0 aliphatic carbocycles. The Morgan fingerprint density at radius 1 is 0.840 bits per heavy atom. The van der Waals surface area contributed by atoms with E-state index in [4.69, 9.17) is 9.47 Å². The molecule has 0 saturated carbocycles. The van der Waals surface area contributed by atoms with Crippen LogP contribution in [0.1, 0.15) is 77.2 Å². The van der Waals surface area contributed by atoms with E-state index >= 15 is 0 Å². The molecular formula is C21H32O4. The summed E-state index contributed by atoms with van der Waals surface area (Å²) in [6.45, 7) is 4.57. The zero-order chi connectivity index (χ0) is 18.3. The number of benzene rings is 1. The molecule has 1 rings (SSSR count). The number of hydrogen-bond donors (Lipinski definition) is 0. The second-order valence-corrected chi connectivity index (χ2v) is 6.28. The average molecular weight is 348 g/mol. The van der Waals surface area contributed by atoms with Crippen LogP contribution in [0.3, 0.4) is 0 Å². The molecule has 0 spiro atoms. The highest BCUT2D eigenvalue weighted by molar-refractivity contribution is 5.72. The van der Waals surface area contributed by atoms with Gasteiger partial charge in [-0.15, -0.1) is 0 Å². The zero-order valence-corrected chi connectivity index (χ0v) is 15.7. The van der Waals surface area contributed by atoms with Gasteiger partial charge in [-0.05, 0) is 37.3 Å². The summed E-state index contributed by atoms with van der Waals surface area (Å²) in [5.41, 5.74) is 1.06. The van der Waals surface area contributed by atoms with Gasteiger partial charge in [-0.25, -0.2) is 0 Å². The Labute approximate surface area is 151 Å². The fraction of sp³-hybridized carbons (Fsp3) is 0.619. The number of ether oxygens (including phenoxy) is 2. The topological polar surface area (TPSA) is 52.6 Å². The maximum absolute atomic E-state index is 11.9. The minimum Gasteiger partial charge on any atom is -0.466 e. The average Bonchev–Trinajstić information content (AvgIpc) is 2.62. The molecule has 0 bridgehead atoms. The molecule has 140 valence electrons. The van der Waals surface area contributed by atoms with Crippen LogP contribution in [0.2, 0.25) is 0 Å². The summed E-state index contributed by atoms with van der Waals surface area (Å²) in [7, 11) is 0. The molecule has 4 nitrogen and oxygen atoms in total. The first-order valence-electron chi connectivity index (χ1n) is 9.61. The number of carbonyl (C=O) groups excluding carboxylic acids is 2. The van der Waals surface area contributed by atoms with Crippen molar-refractivity contribution in [3.8, 4) is 5.75 Å². The molecule has 0 N–H and O–H groups in total. The molecule has 0 unspecified atom stereocenters. The van der Waals surface area contributed by atoms with Crippen molar-refractivity contribution >= 4 is 11.9 Å². The molecule has 0 aliphatic heterocycles. The monoisotopic (exact) mass is 348 g/mol. The maximum Gasteiger partial charge on any atom is 0.311 e. The van der Waals surface area contributed by atoms with Gasteiger partial charge < -0.3 is 9.47 Å². The smallest absolute Gasteiger partial charge is 0.311 e. The summed E-state index contributed by atoms with van der Waals surface area (Å²) in [6, 6.07) is 7.68.